The Morgan fingerprint density at radius 1 is 1.31 bits per heavy atom. The summed E-state index contributed by atoms with van der Waals surface area (Å²) in [4.78, 5) is 1.35. The predicted octanol–water partition coefficient (Wildman–Crippen LogP) is 3.25. The van der Waals surface area contributed by atoms with Crippen molar-refractivity contribution in [3.05, 3.63) is 29.1 Å². The summed E-state index contributed by atoms with van der Waals surface area (Å²) < 4.78 is 1.25. The monoisotopic (exact) mass is 233 g/mol. The molecule has 0 atom stereocenters. The van der Waals surface area contributed by atoms with E-state index in [1.54, 1.807) is 6.07 Å². The van der Waals surface area contributed by atoms with E-state index in [0.29, 0.717) is 5.75 Å². The minimum Gasteiger partial charge on any atom is -0.508 e. The zero-order valence-electron chi connectivity index (χ0n) is 9.07. The molecule has 3 heteroatoms. The fraction of sp³-hybridized carbons (Fsp3) is 0.385. The largest absolute Gasteiger partial charge is 0.508 e. The van der Waals surface area contributed by atoms with Crippen LogP contribution in [0.25, 0.3) is 10.1 Å². The standard InChI is InChI=1S/C13H15NOS/c15-11-4-5-13-9(6-11)7-12(16-13)8-14-10-2-1-3-10/h4-7,10,14-15H,1-3,8H2. The molecule has 1 heterocycles. The van der Waals surface area contributed by atoms with Gasteiger partial charge in [0, 0.05) is 22.2 Å². The van der Waals surface area contributed by atoms with Crippen LogP contribution in [0.1, 0.15) is 24.1 Å². The number of nitrogens with one attached hydrogen (secondary N) is 1. The minimum absolute atomic E-state index is 0.351. The van der Waals surface area contributed by atoms with Gasteiger partial charge in [0.2, 0.25) is 0 Å². The summed E-state index contributed by atoms with van der Waals surface area (Å²) in [6.07, 6.45) is 4.02. The smallest absolute Gasteiger partial charge is 0.116 e. The van der Waals surface area contributed by atoms with E-state index in [2.05, 4.69) is 11.4 Å². The van der Waals surface area contributed by atoms with E-state index < -0.39 is 0 Å². The molecule has 84 valence electrons. The first-order chi connectivity index (χ1) is 7.81. The van der Waals surface area contributed by atoms with E-state index >= 15 is 0 Å². The van der Waals surface area contributed by atoms with Crippen LogP contribution in [0.3, 0.4) is 0 Å². The summed E-state index contributed by atoms with van der Waals surface area (Å²) in [6, 6.07) is 8.48. The molecule has 0 amide bonds. The van der Waals surface area contributed by atoms with Gasteiger partial charge in [-0.25, -0.2) is 0 Å². The highest BCUT2D eigenvalue weighted by molar-refractivity contribution is 7.19. The Kier molecular flexibility index (Phi) is 2.58. The highest BCUT2D eigenvalue weighted by Crippen LogP contribution is 2.29. The zero-order valence-corrected chi connectivity index (χ0v) is 9.89. The number of rotatable bonds is 3. The number of hydrogen-bond acceptors (Lipinski definition) is 3. The molecule has 1 aromatic carbocycles. The number of thiophene rings is 1. The second kappa shape index (κ2) is 4.07. The first-order valence-electron chi connectivity index (χ1n) is 5.76. The third-order valence-electron chi connectivity index (χ3n) is 3.22. The van der Waals surface area contributed by atoms with Crippen LogP contribution in [-0.2, 0) is 6.54 Å². The van der Waals surface area contributed by atoms with Gasteiger partial charge in [0.1, 0.15) is 5.75 Å². The van der Waals surface area contributed by atoms with Crippen molar-refractivity contribution < 1.29 is 5.11 Å². The molecule has 0 radical (unpaired) electrons. The highest BCUT2D eigenvalue weighted by Gasteiger charge is 2.16. The van der Waals surface area contributed by atoms with Crippen LogP contribution in [0.5, 0.6) is 5.75 Å². The molecule has 0 saturated heterocycles. The predicted molar refractivity (Wildman–Crippen MR) is 68.0 cm³/mol. The number of fused-ring (bicyclic) bond motifs is 1. The molecule has 0 spiro atoms. The van der Waals surface area contributed by atoms with Crippen LogP contribution in [0.15, 0.2) is 24.3 Å². The van der Waals surface area contributed by atoms with Crippen molar-refractivity contribution in [2.45, 2.75) is 31.8 Å². The van der Waals surface area contributed by atoms with Gasteiger partial charge in [-0.3, -0.25) is 0 Å². The average molecular weight is 233 g/mol. The number of benzene rings is 1. The van der Waals surface area contributed by atoms with E-state index in [-0.39, 0.29) is 0 Å². The molecule has 1 aliphatic carbocycles. The quantitative estimate of drug-likeness (QED) is 0.853. The van der Waals surface area contributed by atoms with Crippen molar-refractivity contribution in [1.82, 2.24) is 5.32 Å². The lowest BCUT2D eigenvalue weighted by Crippen LogP contribution is -2.34. The maximum Gasteiger partial charge on any atom is 0.116 e. The highest BCUT2D eigenvalue weighted by atomic mass is 32.1. The van der Waals surface area contributed by atoms with Gasteiger partial charge in [0.25, 0.3) is 0 Å². The third kappa shape index (κ3) is 1.93. The van der Waals surface area contributed by atoms with E-state index in [9.17, 15) is 5.11 Å². The van der Waals surface area contributed by atoms with Gasteiger partial charge in [-0.05, 0) is 42.5 Å². The topological polar surface area (TPSA) is 32.3 Å². The number of aromatic hydroxyl groups is 1. The summed E-state index contributed by atoms with van der Waals surface area (Å²) in [5, 5.41) is 14.1. The maximum absolute atomic E-state index is 9.39. The second-order valence-electron chi connectivity index (χ2n) is 4.44. The van der Waals surface area contributed by atoms with Crippen LogP contribution in [0, 0.1) is 0 Å². The van der Waals surface area contributed by atoms with Gasteiger partial charge in [-0.2, -0.15) is 0 Å². The van der Waals surface area contributed by atoms with E-state index in [0.717, 1.165) is 18.0 Å². The lowest BCUT2D eigenvalue weighted by Gasteiger charge is -2.26. The Morgan fingerprint density at radius 3 is 2.94 bits per heavy atom. The lowest BCUT2D eigenvalue weighted by atomic mass is 9.93. The molecule has 16 heavy (non-hydrogen) atoms. The van der Waals surface area contributed by atoms with Gasteiger partial charge in [-0.1, -0.05) is 6.42 Å². The maximum atomic E-state index is 9.39. The number of phenolic OH excluding ortho intramolecular Hbond substituents is 1. The lowest BCUT2D eigenvalue weighted by molar-refractivity contribution is 0.339. The van der Waals surface area contributed by atoms with Crippen LogP contribution in [0.4, 0.5) is 0 Å². The molecule has 0 unspecified atom stereocenters. The Morgan fingerprint density at radius 2 is 2.19 bits per heavy atom. The first-order valence-corrected chi connectivity index (χ1v) is 6.58. The van der Waals surface area contributed by atoms with Crippen LogP contribution < -0.4 is 5.32 Å². The second-order valence-corrected chi connectivity index (χ2v) is 5.61. The number of phenols is 1. The zero-order chi connectivity index (χ0) is 11.0. The average Bonchev–Trinajstić information content (AvgIpc) is 2.57. The van der Waals surface area contributed by atoms with Crippen LogP contribution >= 0.6 is 11.3 Å². The van der Waals surface area contributed by atoms with Crippen LogP contribution in [-0.4, -0.2) is 11.1 Å². The summed E-state index contributed by atoms with van der Waals surface area (Å²) in [7, 11) is 0. The molecule has 1 aliphatic rings. The van der Waals surface area contributed by atoms with E-state index in [1.165, 1.54) is 28.8 Å². The molecule has 1 saturated carbocycles. The Hall–Kier alpha value is -1.06. The normalized spacial score (nSPS) is 16.5. The molecule has 2 nitrogen and oxygen atoms in total. The molecule has 0 aliphatic heterocycles. The fourth-order valence-corrected chi connectivity index (χ4v) is 3.03. The molecule has 1 fully saturated rings. The SMILES string of the molecule is Oc1ccc2sc(CNC3CCC3)cc2c1. The van der Waals surface area contributed by atoms with Gasteiger partial charge in [0.15, 0.2) is 0 Å². The van der Waals surface area contributed by atoms with E-state index in [1.807, 2.05) is 23.5 Å². The molecule has 2 aromatic rings. The van der Waals surface area contributed by atoms with Crippen molar-refractivity contribution in [2.24, 2.45) is 0 Å². The van der Waals surface area contributed by atoms with Gasteiger partial charge in [0.05, 0.1) is 0 Å². The van der Waals surface area contributed by atoms with Gasteiger partial charge in [-0.15, -0.1) is 11.3 Å². The van der Waals surface area contributed by atoms with Crippen molar-refractivity contribution >= 4 is 21.4 Å². The van der Waals surface area contributed by atoms with Gasteiger partial charge >= 0.3 is 0 Å². The van der Waals surface area contributed by atoms with Gasteiger partial charge < -0.3 is 10.4 Å². The Labute approximate surface area is 98.9 Å². The Balaban J connectivity index is 1.76. The van der Waals surface area contributed by atoms with Crippen LogP contribution in [0.2, 0.25) is 0 Å². The van der Waals surface area contributed by atoms with E-state index in [4.69, 9.17) is 0 Å². The summed E-state index contributed by atoms with van der Waals surface area (Å²) in [5.41, 5.74) is 0. The van der Waals surface area contributed by atoms with Crippen molar-refractivity contribution in [1.29, 1.82) is 0 Å². The van der Waals surface area contributed by atoms with Crippen molar-refractivity contribution in [3.8, 4) is 5.75 Å². The summed E-state index contributed by atoms with van der Waals surface area (Å²) in [5.74, 6) is 0.351. The number of hydrogen-bond donors (Lipinski definition) is 2. The molecule has 3 rings (SSSR count). The molecular formula is C13H15NOS. The Bertz CT molecular complexity index is 502. The molecule has 1 aromatic heterocycles. The first kappa shape index (κ1) is 10.1. The third-order valence-corrected chi connectivity index (χ3v) is 4.34. The molecular weight excluding hydrogens is 218 g/mol. The summed E-state index contributed by atoms with van der Waals surface area (Å²) in [6.45, 7) is 0.963. The summed E-state index contributed by atoms with van der Waals surface area (Å²) >= 11 is 1.81. The minimum atomic E-state index is 0.351. The molecule has 0 bridgehead atoms. The van der Waals surface area contributed by atoms with Crippen molar-refractivity contribution in [3.63, 3.8) is 0 Å². The molecule has 2 N–H and O–H groups in total. The fourth-order valence-electron chi connectivity index (χ4n) is 2.03. The van der Waals surface area contributed by atoms with Crippen molar-refractivity contribution in [2.75, 3.05) is 0 Å².